The Morgan fingerprint density at radius 2 is 2.20 bits per heavy atom. The second kappa shape index (κ2) is 4.59. The fourth-order valence-corrected chi connectivity index (χ4v) is 1.16. The molecule has 0 saturated heterocycles. The number of para-hydroxylation sites is 1. The van der Waals surface area contributed by atoms with Crippen LogP contribution in [0.2, 0.25) is 0 Å². The molecule has 80 valence electrons. The average Bonchev–Trinajstić information content (AvgIpc) is 2.17. The van der Waals surface area contributed by atoms with Crippen LogP contribution in [0.5, 0.6) is 5.75 Å². The summed E-state index contributed by atoms with van der Waals surface area (Å²) in [6.07, 6.45) is 1.03. The van der Waals surface area contributed by atoms with E-state index in [0.29, 0.717) is 0 Å². The fourth-order valence-electron chi connectivity index (χ4n) is 1.16. The molecular weight excluding hydrogens is 197 g/mol. The Kier molecular flexibility index (Phi) is 3.44. The molecule has 3 nitrogen and oxygen atoms in total. The first kappa shape index (κ1) is 11.2. The van der Waals surface area contributed by atoms with Gasteiger partial charge in [0.15, 0.2) is 5.75 Å². The highest BCUT2D eigenvalue weighted by molar-refractivity contribution is 5.84. The molecule has 0 aromatic heterocycles. The van der Waals surface area contributed by atoms with Gasteiger partial charge in [0.1, 0.15) is 11.5 Å². The Bertz CT molecular complexity index is 388. The zero-order chi connectivity index (χ0) is 11.4. The van der Waals surface area contributed by atoms with Crippen LogP contribution in [0, 0.1) is 5.82 Å². The number of anilines is 1. The molecule has 0 amide bonds. The lowest BCUT2D eigenvalue weighted by molar-refractivity contribution is -0.128. The second-order valence-corrected chi connectivity index (χ2v) is 3.11. The van der Waals surface area contributed by atoms with Crippen molar-refractivity contribution in [1.29, 1.82) is 0 Å². The molecule has 1 aromatic rings. The van der Waals surface area contributed by atoms with Gasteiger partial charge in [-0.05, 0) is 12.1 Å². The summed E-state index contributed by atoms with van der Waals surface area (Å²) in [5.74, 6) is -0.858. The molecule has 0 radical (unpaired) electrons. The smallest absolute Gasteiger partial charge is 0.335 e. The van der Waals surface area contributed by atoms with Crippen molar-refractivity contribution in [2.45, 2.75) is 0 Å². The van der Waals surface area contributed by atoms with Gasteiger partial charge in [-0.3, -0.25) is 0 Å². The van der Waals surface area contributed by atoms with Crippen LogP contribution in [-0.4, -0.2) is 20.1 Å². The lowest BCUT2D eigenvalue weighted by Crippen LogP contribution is -2.14. The van der Waals surface area contributed by atoms with Crippen LogP contribution < -0.4 is 9.64 Å². The third-order valence-electron chi connectivity index (χ3n) is 1.77. The lowest BCUT2D eigenvalue weighted by atomic mass is 10.2. The maximum absolute atomic E-state index is 13.4. The molecule has 0 atom stereocenters. The molecule has 0 spiro atoms. The van der Waals surface area contributed by atoms with Crippen molar-refractivity contribution in [3.8, 4) is 5.75 Å². The van der Waals surface area contributed by atoms with Gasteiger partial charge in [-0.1, -0.05) is 12.6 Å². The van der Waals surface area contributed by atoms with Crippen molar-refractivity contribution < 1.29 is 13.9 Å². The largest absolute Gasteiger partial charge is 0.421 e. The number of nitrogens with zero attached hydrogens (tertiary/aromatic N) is 1. The molecule has 0 N–H and O–H groups in total. The number of carbonyl (C=O) groups excluding carboxylic acids is 1. The summed E-state index contributed by atoms with van der Waals surface area (Å²) in [7, 11) is 3.34. The first-order valence-electron chi connectivity index (χ1n) is 4.36. The van der Waals surface area contributed by atoms with Gasteiger partial charge in [0.2, 0.25) is 0 Å². The molecule has 4 heteroatoms. The molecule has 0 unspecified atom stereocenters. The third kappa shape index (κ3) is 2.56. The van der Waals surface area contributed by atoms with Crippen LogP contribution in [0.3, 0.4) is 0 Å². The minimum Gasteiger partial charge on any atom is -0.421 e. The summed E-state index contributed by atoms with van der Waals surface area (Å²) in [4.78, 5) is 12.5. The zero-order valence-electron chi connectivity index (χ0n) is 8.66. The van der Waals surface area contributed by atoms with E-state index in [1.807, 2.05) is 0 Å². The average molecular weight is 209 g/mol. The van der Waals surface area contributed by atoms with E-state index in [0.717, 1.165) is 6.08 Å². The fraction of sp³-hybridized carbons (Fsp3) is 0.182. The molecule has 1 aromatic carbocycles. The van der Waals surface area contributed by atoms with E-state index in [4.69, 9.17) is 4.74 Å². The number of hydrogen-bond acceptors (Lipinski definition) is 3. The highest BCUT2D eigenvalue weighted by Crippen LogP contribution is 2.29. The van der Waals surface area contributed by atoms with E-state index in [2.05, 4.69) is 6.58 Å². The Hall–Kier alpha value is -1.84. The molecule has 15 heavy (non-hydrogen) atoms. The number of rotatable bonds is 3. The van der Waals surface area contributed by atoms with E-state index < -0.39 is 11.8 Å². The second-order valence-electron chi connectivity index (χ2n) is 3.11. The number of carbonyl (C=O) groups is 1. The van der Waals surface area contributed by atoms with Crippen molar-refractivity contribution in [3.05, 3.63) is 36.7 Å². The summed E-state index contributed by atoms with van der Waals surface area (Å²) in [5, 5.41) is 0. The van der Waals surface area contributed by atoms with Gasteiger partial charge in [0, 0.05) is 20.2 Å². The van der Waals surface area contributed by atoms with Gasteiger partial charge >= 0.3 is 5.97 Å². The van der Waals surface area contributed by atoms with Crippen LogP contribution in [-0.2, 0) is 4.79 Å². The third-order valence-corrected chi connectivity index (χ3v) is 1.77. The van der Waals surface area contributed by atoms with E-state index in [1.165, 1.54) is 18.2 Å². The SMILES string of the molecule is C=CC(=O)Oc1cccc(F)c1N(C)C. The predicted octanol–water partition coefficient (Wildman–Crippen LogP) is 1.98. The zero-order valence-corrected chi connectivity index (χ0v) is 8.66. The molecule has 0 bridgehead atoms. The summed E-state index contributed by atoms with van der Waals surface area (Å²) in [6, 6.07) is 4.31. The van der Waals surface area contributed by atoms with E-state index in [9.17, 15) is 9.18 Å². The minimum absolute atomic E-state index is 0.185. The topological polar surface area (TPSA) is 29.5 Å². The first-order chi connectivity index (χ1) is 7.06. The highest BCUT2D eigenvalue weighted by atomic mass is 19.1. The van der Waals surface area contributed by atoms with Gasteiger partial charge in [0.05, 0.1) is 0 Å². The van der Waals surface area contributed by atoms with Crippen molar-refractivity contribution in [2.75, 3.05) is 19.0 Å². The molecule has 0 aliphatic carbocycles. The molecule has 0 saturated carbocycles. The number of esters is 1. The normalized spacial score (nSPS) is 9.53. The first-order valence-corrected chi connectivity index (χ1v) is 4.36. The van der Waals surface area contributed by atoms with E-state index >= 15 is 0 Å². The summed E-state index contributed by atoms with van der Waals surface area (Å²) < 4.78 is 18.3. The Morgan fingerprint density at radius 1 is 1.53 bits per heavy atom. The van der Waals surface area contributed by atoms with Gasteiger partial charge in [-0.2, -0.15) is 0 Å². The number of halogens is 1. The number of ether oxygens (including phenoxy) is 1. The maximum atomic E-state index is 13.4. The summed E-state index contributed by atoms with van der Waals surface area (Å²) in [6.45, 7) is 3.27. The van der Waals surface area contributed by atoms with Crippen molar-refractivity contribution in [3.63, 3.8) is 0 Å². The van der Waals surface area contributed by atoms with Crippen LogP contribution in [0.25, 0.3) is 0 Å². The molecule has 0 heterocycles. The van der Waals surface area contributed by atoms with Gasteiger partial charge in [-0.25, -0.2) is 9.18 Å². The quantitative estimate of drug-likeness (QED) is 0.433. The van der Waals surface area contributed by atoms with Crippen molar-refractivity contribution in [1.82, 2.24) is 0 Å². The number of hydrogen-bond donors (Lipinski definition) is 0. The van der Waals surface area contributed by atoms with Crippen LogP contribution >= 0.6 is 0 Å². The number of benzene rings is 1. The van der Waals surface area contributed by atoms with E-state index in [-0.39, 0.29) is 11.4 Å². The molecule has 1 rings (SSSR count). The van der Waals surface area contributed by atoms with Gasteiger partial charge in [-0.15, -0.1) is 0 Å². The minimum atomic E-state index is -0.608. The summed E-state index contributed by atoms with van der Waals surface area (Å²) >= 11 is 0. The molecule has 0 aliphatic rings. The van der Waals surface area contributed by atoms with Crippen molar-refractivity contribution in [2.24, 2.45) is 0 Å². The standard InChI is InChI=1S/C11H12FNO2/c1-4-10(14)15-9-7-5-6-8(12)11(9)13(2)3/h4-7H,1H2,2-3H3. The highest BCUT2D eigenvalue weighted by Gasteiger charge is 2.13. The monoisotopic (exact) mass is 209 g/mol. The molecular formula is C11H12FNO2. The maximum Gasteiger partial charge on any atom is 0.335 e. The Labute approximate surface area is 87.8 Å². The van der Waals surface area contributed by atoms with Gasteiger partial charge in [0.25, 0.3) is 0 Å². The summed E-state index contributed by atoms with van der Waals surface area (Å²) in [5.41, 5.74) is 0.243. The van der Waals surface area contributed by atoms with E-state index in [1.54, 1.807) is 19.0 Å². The lowest BCUT2D eigenvalue weighted by Gasteiger charge is -2.16. The Balaban J connectivity index is 3.11. The molecule has 0 fully saturated rings. The Morgan fingerprint density at radius 3 is 2.73 bits per heavy atom. The van der Waals surface area contributed by atoms with Crippen LogP contribution in [0.15, 0.2) is 30.9 Å². The van der Waals surface area contributed by atoms with Crippen molar-refractivity contribution >= 4 is 11.7 Å². The predicted molar refractivity (Wildman–Crippen MR) is 56.6 cm³/mol. The van der Waals surface area contributed by atoms with Crippen LogP contribution in [0.4, 0.5) is 10.1 Å². The van der Waals surface area contributed by atoms with Crippen LogP contribution in [0.1, 0.15) is 0 Å². The molecule has 0 aliphatic heterocycles. The van der Waals surface area contributed by atoms with Gasteiger partial charge < -0.3 is 9.64 Å².